The molecular formula is C9H21N3O. The summed E-state index contributed by atoms with van der Waals surface area (Å²) in [5.41, 5.74) is 0. The molecule has 78 valence electrons. The quantitative estimate of drug-likeness (QED) is 0.482. The van der Waals surface area contributed by atoms with Crippen molar-refractivity contribution < 1.29 is 4.84 Å². The molecule has 0 unspecified atom stereocenters. The highest BCUT2D eigenvalue weighted by atomic mass is 16.6. The summed E-state index contributed by atoms with van der Waals surface area (Å²) in [6.45, 7) is 6.70. The summed E-state index contributed by atoms with van der Waals surface area (Å²) in [7, 11) is 2.18. The van der Waals surface area contributed by atoms with Crippen LogP contribution in [0.15, 0.2) is 0 Å². The fourth-order valence-electron chi connectivity index (χ4n) is 1.59. The van der Waals surface area contributed by atoms with Crippen LogP contribution in [-0.4, -0.2) is 56.2 Å². The topological polar surface area (TPSA) is 41.7 Å². The van der Waals surface area contributed by atoms with Crippen molar-refractivity contribution >= 4 is 0 Å². The molecule has 4 heteroatoms. The monoisotopic (exact) mass is 187 g/mol. The van der Waals surface area contributed by atoms with Gasteiger partial charge < -0.3 is 14.6 Å². The first-order chi connectivity index (χ1) is 6.33. The first-order valence-corrected chi connectivity index (χ1v) is 5.05. The fourth-order valence-corrected chi connectivity index (χ4v) is 1.59. The molecule has 0 amide bonds. The maximum absolute atomic E-state index is 4.95. The van der Waals surface area contributed by atoms with E-state index in [1.54, 1.807) is 0 Å². The van der Waals surface area contributed by atoms with Gasteiger partial charge in [0.2, 0.25) is 0 Å². The van der Waals surface area contributed by atoms with Crippen LogP contribution >= 0.6 is 0 Å². The Bertz CT molecular complexity index is 124. The maximum atomic E-state index is 4.95. The van der Waals surface area contributed by atoms with Gasteiger partial charge in [0, 0.05) is 26.2 Å². The smallest absolute Gasteiger partial charge is 0.0679 e. The SMILES string of the molecule is CN1CCN(CCCCON)CC1. The minimum atomic E-state index is 0.688. The van der Waals surface area contributed by atoms with Crippen molar-refractivity contribution in [1.82, 2.24) is 9.80 Å². The minimum absolute atomic E-state index is 0.688. The van der Waals surface area contributed by atoms with Crippen LogP contribution in [0.25, 0.3) is 0 Å². The van der Waals surface area contributed by atoms with Crippen molar-refractivity contribution in [1.29, 1.82) is 0 Å². The van der Waals surface area contributed by atoms with Gasteiger partial charge in [-0.3, -0.25) is 0 Å². The second-order valence-electron chi connectivity index (χ2n) is 3.72. The predicted octanol–water partition coefficient (Wildman–Crippen LogP) is -0.0957. The Morgan fingerprint density at radius 1 is 1.15 bits per heavy atom. The lowest BCUT2D eigenvalue weighted by Gasteiger charge is -2.32. The summed E-state index contributed by atoms with van der Waals surface area (Å²) < 4.78 is 0. The molecular weight excluding hydrogens is 166 g/mol. The van der Waals surface area contributed by atoms with E-state index in [1.165, 1.54) is 39.1 Å². The van der Waals surface area contributed by atoms with Crippen LogP contribution in [0, 0.1) is 0 Å². The number of piperazine rings is 1. The third-order valence-corrected chi connectivity index (χ3v) is 2.58. The normalized spacial score (nSPS) is 20.8. The van der Waals surface area contributed by atoms with Crippen LogP contribution in [0.2, 0.25) is 0 Å². The van der Waals surface area contributed by atoms with Crippen LogP contribution < -0.4 is 5.90 Å². The highest BCUT2D eigenvalue weighted by Crippen LogP contribution is 2.01. The number of rotatable bonds is 5. The number of likely N-dealkylation sites (N-methyl/N-ethyl adjacent to an activating group) is 1. The summed E-state index contributed by atoms with van der Waals surface area (Å²) in [5, 5.41) is 0. The van der Waals surface area contributed by atoms with Crippen molar-refractivity contribution in [2.75, 3.05) is 46.4 Å². The predicted molar refractivity (Wildman–Crippen MR) is 53.3 cm³/mol. The van der Waals surface area contributed by atoms with E-state index in [9.17, 15) is 0 Å². The average molecular weight is 187 g/mol. The highest BCUT2D eigenvalue weighted by molar-refractivity contribution is 4.68. The molecule has 13 heavy (non-hydrogen) atoms. The van der Waals surface area contributed by atoms with Gasteiger partial charge >= 0.3 is 0 Å². The molecule has 1 heterocycles. The lowest BCUT2D eigenvalue weighted by molar-refractivity contribution is 0.121. The van der Waals surface area contributed by atoms with E-state index in [2.05, 4.69) is 21.7 Å². The molecule has 1 aliphatic rings. The van der Waals surface area contributed by atoms with Crippen molar-refractivity contribution in [3.05, 3.63) is 0 Å². The lowest BCUT2D eigenvalue weighted by Crippen LogP contribution is -2.44. The zero-order valence-electron chi connectivity index (χ0n) is 8.54. The Balaban J connectivity index is 1.96. The van der Waals surface area contributed by atoms with Gasteiger partial charge in [-0.25, -0.2) is 5.90 Å². The molecule has 1 rings (SSSR count). The molecule has 0 spiro atoms. The summed E-state index contributed by atoms with van der Waals surface area (Å²) in [6, 6.07) is 0. The first-order valence-electron chi connectivity index (χ1n) is 5.05. The van der Waals surface area contributed by atoms with Gasteiger partial charge in [-0.2, -0.15) is 0 Å². The van der Waals surface area contributed by atoms with Gasteiger partial charge in [-0.15, -0.1) is 0 Å². The van der Waals surface area contributed by atoms with E-state index in [1.807, 2.05) is 0 Å². The molecule has 0 radical (unpaired) electrons. The van der Waals surface area contributed by atoms with Gasteiger partial charge in [-0.1, -0.05) is 0 Å². The zero-order chi connectivity index (χ0) is 9.52. The Labute approximate surface area is 80.6 Å². The summed E-state index contributed by atoms with van der Waals surface area (Å²) in [6.07, 6.45) is 2.27. The molecule has 1 aliphatic heterocycles. The Hall–Kier alpha value is -0.160. The number of hydrogen-bond donors (Lipinski definition) is 1. The van der Waals surface area contributed by atoms with Gasteiger partial charge in [-0.05, 0) is 26.4 Å². The van der Waals surface area contributed by atoms with Crippen molar-refractivity contribution in [3.63, 3.8) is 0 Å². The van der Waals surface area contributed by atoms with E-state index < -0.39 is 0 Å². The third-order valence-electron chi connectivity index (χ3n) is 2.58. The average Bonchev–Trinajstić information content (AvgIpc) is 2.15. The second kappa shape index (κ2) is 6.32. The molecule has 2 N–H and O–H groups in total. The van der Waals surface area contributed by atoms with Crippen LogP contribution in [-0.2, 0) is 4.84 Å². The first kappa shape index (κ1) is 10.9. The maximum Gasteiger partial charge on any atom is 0.0679 e. The Morgan fingerprint density at radius 2 is 1.85 bits per heavy atom. The minimum Gasteiger partial charge on any atom is -0.305 e. The van der Waals surface area contributed by atoms with E-state index in [4.69, 9.17) is 5.90 Å². The molecule has 0 aliphatic carbocycles. The van der Waals surface area contributed by atoms with Gasteiger partial charge in [0.25, 0.3) is 0 Å². The molecule has 4 nitrogen and oxygen atoms in total. The number of hydrogen-bond acceptors (Lipinski definition) is 4. The Morgan fingerprint density at radius 3 is 2.46 bits per heavy atom. The number of unbranched alkanes of at least 4 members (excludes halogenated alkanes) is 1. The molecule has 0 saturated carbocycles. The standard InChI is InChI=1S/C9H21N3O/c1-11-5-7-12(8-6-11)4-2-3-9-13-10/h2-10H2,1H3. The van der Waals surface area contributed by atoms with Gasteiger partial charge in [0.05, 0.1) is 6.61 Å². The van der Waals surface area contributed by atoms with Crippen molar-refractivity contribution in [3.8, 4) is 0 Å². The highest BCUT2D eigenvalue weighted by Gasteiger charge is 2.12. The molecule has 0 atom stereocenters. The van der Waals surface area contributed by atoms with Crippen LogP contribution in [0.5, 0.6) is 0 Å². The summed E-state index contributed by atoms with van der Waals surface area (Å²) in [4.78, 5) is 9.41. The van der Waals surface area contributed by atoms with E-state index >= 15 is 0 Å². The Kier molecular flexibility index (Phi) is 5.31. The summed E-state index contributed by atoms with van der Waals surface area (Å²) >= 11 is 0. The van der Waals surface area contributed by atoms with Crippen LogP contribution in [0.1, 0.15) is 12.8 Å². The number of nitrogens with two attached hydrogens (primary N) is 1. The third kappa shape index (κ3) is 4.57. The molecule has 1 fully saturated rings. The fraction of sp³-hybridized carbons (Fsp3) is 1.00. The van der Waals surface area contributed by atoms with Gasteiger partial charge in [0.15, 0.2) is 0 Å². The largest absolute Gasteiger partial charge is 0.305 e. The summed E-state index contributed by atoms with van der Waals surface area (Å²) in [5.74, 6) is 4.95. The van der Waals surface area contributed by atoms with Gasteiger partial charge in [0.1, 0.15) is 0 Å². The number of nitrogens with zero attached hydrogens (tertiary/aromatic N) is 2. The van der Waals surface area contributed by atoms with Crippen LogP contribution in [0.3, 0.4) is 0 Å². The lowest BCUT2D eigenvalue weighted by atomic mass is 10.2. The van der Waals surface area contributed by atoms with E-state index in [-0.39, 0.29) is 0 Å². The molecule has 0 aromatic carbocycles. The molecule has 0 aromatic heterocycles. The zero-order valence-corrected chi connectivity index (χ0v) is 8.54. The van der Waals surface area contributed by atoms with E-state index in [0.29, 0.717) is 6.61 Å². The molecule has 0 aromatic rings. The molecule has 0 bridgehead atoms. The van der Waals surface area contributed by atoms with Crippen molar-refractivity contribution in [2.24, 2.45) is 5.90 Å². The van der Waals surface area contributed by atoms with Crippen LogP contribution in [0.4, 0.5) is 0 Å². The van der Waals surface area contributed by atoms with Crippen molar-refractivity contribution in [2.45, 2.75) is 12.8 Å². The van der Waals surface area contributed by atoms with E-state index in [0.717, 1.165) is 6.42 Å². The molecule has 1 saturated heterocycles. The second-order valence-corrected chi connectivity index (χ2v) is 3.72.